The summed E-state index contributed by atoms with van der Waals surface area (Å²) in [4.78, 5) is 0. The molecule has 17 heavy (non-hydrogen) atoms. The van der Waals surface area contributed by atoms with Crippen LogP contribution in [0.15, 0.2) is 18.2 Å². The average molecular weight is 231 g/mol. The number of hydrogen-bond donors (Lipinski definition) is 1. The van der Waals surface area contributed by atoms with Gasteiger partial charge in [-0.1, -0.05) is 25.7 Å². The molecule has 0 saturated carbocycles. The summed E-state index contributed by atoms with van der Waals surface area (Å²) in [7, 11) is 0. The minimum atomic E-state index is 0.301. The van der Waals surface area contributed by atoms with Crippen molar-refractivity contribution in [2.75, 3.05) is 6.54 Å². The van der Waals surface area contributed by atoms with E-state index >= 15 is 0 Å². The van der Waals surface area contributed by atoms with Crippen LogP contribution in [0.25, 0.3) is 0 Å². The van der Waals surface area contributed by atoms with Crippen molar-refractivity contribution in [3.63, 3.8) is 0 Å². The fraction of sp³-hybridized carbons (Fsp3) is 0.467. The average Bonchev–Trinajstić information content (AvgIpc) is 2.35. The summed E-state index contributed by atoms with van der Waals surface area (Å²) in [6.07, 6.45) is 2.37. The molecule has 0 amide bonds. The van der Waals surface area contributed by atoms with Crippen LogP contribution in [0.5, 0.6) is 5.75 Å². The normalized spacial score (nSPS) is 9.94. The lowest BCUT2D eigenvalue weighted by Gasteiger charge is -2.17. The lowest BCUT2D eigenvalue weighted by molar-refractivity contribution is 0.191. The van der Waals surface area contributed by atoms with Gasteiger partial charge >= 0.3 is 0 Å². The number of nitrogens with two attached hydrogens (primary N) is 1. The van der Waals surface area contributed by atoms with Gasteiger partial charge in [0.1, 0.15) is 5.75 Å². The smallest absolute Gasteiger partial charge is 0.122 e. The molecule has 0 aromatic heterocycles. The van der Waals surface area contributed by atoms with Crippen LogP contribution in [0.3, 0.4) is 0 Å². The standard InChI is InChI=1S/C15H21NO/c1-4-14(5-2)17-15-9-8-13(7-6-10-16)11-12(15)3/h8-9,11,14H,4-5,10,16H2,1-3H3. The summed E-state index contributed by atoms with van der Waals surface area (Å²) in [6.45, 7) is 6.73. The van der Waals surface area contributed by atoms with E-state index in [0.717, 1.165) is 29.7 Å². The van der Waals surface area contributed by atoms with Crippen LogP contribution in [0.1, 0.15) is 37.8 Å². The van der Waals surface area contributed by atoms with Gasteiger partial charge in [0.25, 0.3) is 0 Å². The molecular formula is C15H21NO. The van der Waals surface area contributed by atoms with E-state index in [-0.39, 0.29) is 0 Å². The van der Waals surface area contributed by atoms with Crippen LogP contribution in [-0.4, -0.2) is 12.6 Å². The van der Waals surface area contributed by atoms with Crippen molar-refractivity contribution in [3.05, 3.63) is 29.3 Å². The third kappa shape index (κ3) is 4.13. The second-order valence-corrected chi connectivity index (χ2v) is 4.04. The van der Waals surface area contributed by atoms with Gasteiger partial charge in [-0.15, -0.1) is 0 Å². The third-order valence-electron chi connectivity index (χ3n) is 2.71. The largest absolute Gasteiger partial charge is 0.490 e. The molecule has 2 heteroatoms. The van der Waals surface area contributed by atoms with Gasteiger partial charge in [-0.25, -0.2) is 0 Å². The second kappa shape index (κ2) is 6.98. The number of hydrogen-bond acceptors (Lipinski definition) is 2. The molecule has 0 aliphatic carbocycles. The van der Waals surface area contributed by atoms with Crippen molar-refractivity contribution in [3.8, 4) is 17.6 Å². The van der Waals surface area contributed by atoms with E-state index in [9.17, 15) is 0 Å². The van der Waals surface area contributed by atoms with Crippen LogP contribution in [0.4, 0.5) is 0 Å². The summed E-state index contributed by atoms with van der Waals surface area (Å²) in [6, 6.07) is 6.02. The van der Waals surface area contributed by atoms with Crippen molar-refractivity contribution < 1.29 is 4.74 Å². The Morgan fingerprint density at radius 3 is 2.53 bits per heavy atom. The van der Waals surface area contributed by atoms with Gasteiger partial charge in [-0.2, -0.15) is 0 Å². The number of rotatable bonds is 4. The maximum atomic E-state index is 5.93. The van der Waals surface area contributed by atoms with Gasteiger partial charge in [0, 0.05) is 5.56 Å². The molecule has 2 N–H and O–H groups in total. The summed E-state index contributed by atoms with van der Waals surface area (Å²) in [5.74, 6) is 6.83. The van der Waals surface area contributed by atoms with Crippen molar-refractivity contribution in [2.45, 2.75) is 39.7 Å². The minimum absolute atomic E-state index is 0.301. The molecule has 1 aromatic rings. The Hall–Kier alpha value is -1.46. The molecule has 0 fully saturated rings. The molecule has 1 aromatic carbocycles. The predicted molar refractivity (Wildman–Crippen MR) is 72.1 cm³/mol. The van der Waals surface area contributed by atoms with E-state index in [0.29, 0.717) is 12.6 Å². The molecule has 2 nitrogen and oxygen atoms in total. The Morgan fingerprint density at radius 1 is 1.29 bits per heavy atom. The molecule has 0 aliphatic heterocycles. The zero-order chi connectivity index (χ0) is 12.7. The quantitative estimate of drug-likeness (QED) is 0.809. The van der Waals surface area contributed by atoms with E-state index in [2.05, 4.69) is 25.7 Å². The van der Waals surface area contributed by atoms with E-state index in [1.54, 1.807) is 0 Å². The number of ether oxygens (including phenoxy) is 1. The summed E-state index contributed by atoms with van der Waals surface area (Å²) in [5, 5.41) is 0. The molecule has 92 valence electrons. The van der Waals surface area contributed by atoms with E-state index in [1.807, 2.05) is 25.1 Å². The Bertz CT molecular complexity index is 411. The SMILES string of the molecule is CCC(CC)Oc1ccc(C#CCN)cc1C. The highest BCUT2D eigenvalue weighted by molar-refractivity contribution is 5.43. The molecule has 0 saturated heterocycles. The maximum Gasteiger partial charge on any atom is 0.122 e. The molecule has 0 bridgehead atoms. The Balaban J connectivity index is 2.82. The van der Waals surface area contributed by atoms with E-state index in [1.165, 1.54) is 0 Å². The molecule has 0 heterocycles. The summed E-state index contributed by atoms with van der Waals surface area (Å²) >= 11 is 0. The van der Waals surface area contributed by atoms with Crippen LogP contribution in [0, 0.1) is 18.8 Å². The first-order valence-electron chi connectivity index (χ1n) is 6.17. The highest BCUT2D eigenvalue weighted by atomic mass is 16.5. The van der Waals surface area contributed by atoms with Crippen molar-refractivity contribution in [1.29, 1.82) is 0 Å². The van der Waals surface area contributed by atoms with Crippen LogP contribution < -0.4 is 10.5 Å². The molecule has 0 unspecified atom stereocenters. The first-order chi connectivity index (χ1) is 8.21. The molecule has 0 spiro atoms. The van der Waals surface area contributed by atoms with Crippen molar-refractivity contribution in [2.24, 2.45) is 5.73 Å². The zero-order valence-corrected chi connectivity index (χ0v) is 10.9. The monoisotopic (exact) mass is 231 g/mol. The molecule has 0 radical (unpaired) electrons. The zero-order valence-electron chi connectivity index (χ0n) is 10.9. The van der Waals surface area contributed by atoms with Gasteiger partial charge < -0.3 is 10.5 Å². The van der Waals surface area contributed by atoms with Gasteiger partial charge in [0.15, 0.2) is 0 Å². The van der Waals surface area contributed by atoms with Gasteiger partial charge in [-0.3, -0.25) is 0 Å². The first kappa shape index (κ1) is 13.6. The maximum absolute atomic E-state index is 5.93. The topological polar surface area (TPSA) is 35.2 Å². The molecular weight excluding hydrogens is 210 g/mol. The molecule has 0 atom stereocenters. The second-order valence-electron chi connectivity index (χ2n) is 4.04. The fourth-order valence-corrected chi connectivity index (χ4v) is 1.65. The molecule has 0 aliphatic rings. The summed E-state index contributed by atoms with van der Waals surface area (Å²) < 4.78 is 5.93. The lowest BCUT2D eigenvalue weighted by atomic mass is 10.1. The first-order valence-corrected chi connectivity index (χ1v) is 6.17. The van der Waals surface area contributed by atoms with E-state index in [4.69, 9.17) is 10.5 Å². The Morgan fingerprint density at radius 2 is 2.00 bits per heavy atom. The third-order valence-corrected chi connectivity index (χ3v) is 2.71. The molecule has 1 rings (SSSR count). The van der Waals surface area contributed by atoms with Crippen molar-refractivity contribution >= 4 is 0 Å². The number of aryl methyl sites for hydroxylation is 1. The fourth-order valence-electron chi connectivity index (χ4n) is 1.65. The van der Waals surface area contributed by atoms with Gasteiger partial charge in [0.2, 0.25) is 0 Å². The Kier molecular flexibility index (Phi) is 5.59. The van der Waals surface area contributed by atoms with Crippen molar-refractivity contribution in [1.82, 2.24) is 0 Å². The van der Waals surface area contributed by atoms with Crippen LogP contribution in [-0.2, 0) is 0 Å². The lowest BCUT2D eigenvalue weighted by Crippen LogP contribution is -2.14. The highest BCUT2D eigenvalue weighted by Gasteiger charge is 2.07. The Labute approximate surface area is 104 Å². The predicted octanol–water partition coefficient (Wildman–Crippen LogP) is 2.87. The summed E-state index contributed by atoms with van der Waals surface area (Å²) in [5.41, 5.74) is 7.46. The minimum Gasteiger partial charge on any atom is -0.490 e. The van der Waals surface area contributed by atoms with Gasteiger partial charge in [0.05, 0.1) is 12.6 Å². The van der Waals surface area contributed by atoms with Crippen LogP contribution in [0.2, 0.25) is 0 Å². The number of benzene rings is 1. The van der Waals surface area contributed by atoms with Gasteiger partial charge in [-0.05, 0) is 43.5 Å². The highest BCUT2D eigenvalue weighted by Crippen LogP contribution is 2.21. The van der Waals surface area contributed by atoms with E-state index < -0.39 is 0 Å². The van der Waals surface area contributed by atoms with Crippen LogP contribution >= 0.6 is 0 Å².